The van der Waals surface area contributed by atoms with E-state index < -0.39 is 0 Å². The smallest absolute Gasteiger partial charge is 0.123 e. The summed E-state index contributed by atoms with van der Waals surface area (Å²) in [4.78, 5) is 0. The van der Waals surface area contributed by atoms with Crippen LogP contribution >= 0.6 is 0 Å². The van der Waals surface area contributed by atoms with E-state index >= 15 is 0 Å². The van der Waals surface area contributed by atoms with Crippen LogP contribution in [0.1, 0.15) is 13.8 Å². The first kappa shape index (κ1) is 11.0. The molecule has 0 aliphatic rings. The zero-order chi connectivity index (χ0) is 10.4. The second kappa shape index (κ2) is 5.60. The average Bonchev–Trinajstić information content (AvgIpc) is 2.18. The Bertz CT molecular complexity index is 260. The summed E-state index contributed by atoms with van der Waals surface area (Å²) in [6, 6.07) is 6.07. The molecular formula is C11H16FNO. The van der Waals surface area contributed by atoms with Crippen molar-refractivity contribution in [1.29, 1.82) is 0 Å². The fraction of sp³-hybridized carbons (Fsp3) is 0.455. The third-order valence-corrected chi connectivity index (χ3v) is 1.83. The van der Waals surface area contributed by atoms with E-state index in [2.05, 4.69) is 5.32 Å². The van der Waals surface area contributed by atoms with E-state index in [1.54, 1.807) is 12.1 Å². The molecule has 1 aromatic carbocycles. The van der Waals surface area contributed by atoms with E-state index in [0.717, 1.165) is 13.1 Å². The van der Waals surface area contributed by atoms with Crippen LogP contribution in [-0.2, 0) is 0 Å². The average molecular weight is 197 g/mol. The molecule has 78 valence electrons. The van der Waals surface area contributed by atoms with Crippen LogP contribution in [0.25, 0.3) is 0 Å². The number of hydrogen-bond acceptors (Lipinski definition) is 2. The molecule has 3 heteroatoms. The van der Waals surface area contributed by atoms with Gasteiger partial charge in [0.1, 0.15) is 17.7 Å². The van der Waals surface area contributed by atoms with E-state index in [4.69, 9.17) is 4.74 Å². The molecule has 0 saturated heterocycles. The van der Waals surface area contributed by atoms with E-state index in [0.29, 0.717) is 5.75 Å². The first-order chi connectivity index (χ1) is 6.72. The van der Waals surface area contributed by atoms with Gasteiger partial charge in [-0.25, -0.2) is 4.39 Å². The molecule has 1 atom stereocenters. The van der Waals surface area contributed by atoms with Crippen LogP contribution in [0.5, 0.6) is 5.75 Å². The van der Waals surface area contributed by atoms with E-state index in [1.165, 1.54) is 12.1 Å². The zero-order valence-corrected chi connectivity index (χ0v) is 8.59. The van der Waals surface area contributed by atoms with Crippen molar-refractivity contribution < 1.29 is 9.13 Å². The quantitative estimate of drug-likeness (QED) is 0.781. The lowest BCUT2D eigenvalue weighted by atomic mass is 10.3. The maximum atomic E-state index is 12.6. The number of rotatable bonds is 5. The molecule has 0 radical (unpaired) electrons. The molecule has 0 spiro atoms. The summed E-state index contributed by atoms with van der Waals surface area (Å²) in [6.45, 7) is 5.75. The van der Waals surface area contributed by atoms with Crippen LogP contribution in [-0.4, -0.2) is 19.2 Å². The molecule has 1 rings (SSSR count). The van der Waals surface area contributed by atoms with Crippen LogP contribution in [0.2, 0.25) is 0 Å². The lowest BCUT2D eigenvalue weighted by molar-refractivity contribution is 0.218. The van der Waals surface area contributed by atoms with E-state index in [1.807, 2.05) is 13.8 Å². The molecule has 0 fully saturated rings. The number of ether oxygens (including phenoxy) is 1. The topological polar surface area (TPSA) is 21.3 Å². The minimum absolute atomic E-state index is 0.0976. The highest BCUT2D eigenvalue weighted by molar-refractivity contribution is 5.22. The summed E-state index contributed by atoms with van der Waals surface area (Å²) >= 11 is 0. The molecule has 0 saturated carbocycles. The number of benzene rings is 1. The Kier molecular flexibility index (Phi) is 4.40. The van der Waals surface area contributed by atoms with Gasteiger partial charge in [0, 0.05) is 6.54 Å². The lowest BCUT2D eigenvalue weighted by Crippen LogP contribution is -2.28. The normalized spacial score (nSPS) is 12.5. The minimum Gasteiger partial charge on any atom is -0.489 e. The van der Waals surface area contributed by atoms with Gasteiger partial charge in [-0.05, 0) is 37.7 Å². The predicted molar refractivity (Wildman–Crippen MR) is 55.0 cm³/mol. The maximum Gasteiger partial charge on any atom is 0.123 e. The Labute approximate surface area is 84.1 Å². The van der Waals surface area contributed by atoms with Gasteiger partial charge in [0.2, 0.25) is 0 Å². The highest BCUT2D eigenvalue weighted by Gasteiger charge is 2.02. The van der Waals surface area contributed by atoms with Crippen molar-refractivity contribution in [2.45, 2.75) is 20.0 Å². The highest BCUT2D eigenvalue weighted by atomic mass is 19.1. The Morgan fingerprint density at radius 1 is 1.36 bits per heavy atom. The van der Waals surface area contributed by atoms with Gasteiger partial charge in [0.05, 0.1) is 0 Å². The van der Waals surface area contributed by atoms with Crippen molar-refractivity contribution in [1.82, 2.24) is 5.32 Å². The van der Waals surface area contributed by atoms with Crippen molar-refractivity contribution in [2.24, 2.45) is 0 Å². The Morgan fingerprint density at radius 2 is 2.00 bits per heavy atom. The second-order valence-electron chi connectivity index (χ2n) is 3.19. The Hall–Kier alpha value is -1.09. The molecule has 0 aliphatic heterocycles. The van der Waals surface area contributed by atoms with Crippen LogP contribution in [0.3, 0.4) is 0 Å². The molecule has 1 aromatic rings. The van der Waals surface area contributed by atoms with Crippen LogP contribution in [0.4, 0.5) is 4.39 Å². The van der Waals surface area contributed by atoms with Crippen molar-refractivity contribution in [3.05, 3.63) is 30.1 Å². The fourth-order valence-electron chi connectivity index (χ4n) is 1.13. The number of halogens is 1. The third kappa shape index (κ3) is 3.75. The predicted octanol–water partition coefficient (Wildman–Crippen LogP) is 2.20. The van der Waals surface area contributed by atoms with Crippen molar-refractivity contribution >= 4 is 0 Å². The minimum atomic E-state index is -0.239. The summed E-state index contributed by atoms with van der Waals surface area (Å²) in [5.74, 6) is 0.466. The summed E-state index contributed by atoms with van der Waals surface area (Å²) in [6.07, 6.45) is 0.0976. The molecule has 0 aromatic heterocycles. The van der Waals surface area contributed by atoms with Gasteiger partial charge < -0.3 is 10.1 Å². The van der Waals surface area contributed by atoms with Gasteiger partial charge in [0.15, 0.2) is 0 Å². The van der Waals surface area contributed by atoms with E-state index in [-0.39, 0.29) is 11.9 Å². The second-order valence-corrected chi connectivity index (χ2v) is 3.19. The first-order valence-corrected chi connectivity index (χ1v) is 4.85. The van der Waals surface area contributed by atoms with Crippen LogP contribution in [0, 0.1) is 5.82 Å². The standard InChI is InChI=1S/C11H16FNO/c1-3-13-8-9(2)14-11-6-4-10(12)5-7-11/h4-7,9,13H,3,8H2,1-2H3. The molecule has 0 aliphatic carbocycles. The summed E-state index contributed by atoms with van der Waals surface area (Å²) in [5.41, 5.74) is 0. The Balaban J connectivity index is 2.39. The summed E-state index contributed by atoms with van der Waals surface area (Å²) in [7, 11) is 0. The van der Waals surface area contributed by atoms with Gasteiger partial charge in [-0.2, -0.15) is 0 Å². The molecule has 1 N–H and O–H groups in total. The maximum absolute atomic E-state index is 12.6. The molecule has 0 amide bonds. The number of nitrogens with one attached hydrogen (secondary N) is 1. The van der Waals surface area contributed by atoms with Crippen LogP contribution < -0.4 is 10.1 Å². The monoisotopic (exact) mass is 197 g/mol. The van der Waals surface area contributed by atoms with Gasteiger partial charge in [-0.3, -0.25) is 0 Å². The molecule has 2 nitrogen and oxygen atoms in total. The molecule has 14 heavy (non-hydrogen) atoms. The van der Waals surface area contributed by atoms with Crippen molar-refractivity contribution in [3.8, 4) is 5.75 Å². The molecular weight excluding hydrogens is 181 g/mol. The van der Waals surface area contributed by atoms with Gasteiger partial charge in [-0.15, -0.1) is 0 Å². The highest BCUT2D eigenvalue weighted by Crippen LogP contribution is 2.12. The van der Waals surface area contributed by atoms with Gasteiger partial charge in [0.25, 0.3) is 0 Å². The van der Waals surface area contributed by atoms with Crippen molar-refractivity contribution in [3.63, 3.8) is 0 Å². The van der Waals surface area contributed by atoms with Gasteiger partial charge >= 0.3 is 0 Å². The first-order valence-electron chi connectivity index (χ1n) is 4.85. The summed E-state index contributed by atoms with van der Waals surface area (Å²) < 4.78 is 18.1. The number of hydrogen-bond donors (Lipinski definition) is 1. The third-order valence-electron chi connectivity index (χ3n) is 1.83. The fourth-order valence-corrected chi connectivity index (χ4v) is 1.13. The largest absolute Gasteiger partial charge is 0.489 e. The zero-order valence-electron chi connectivity index (χ0n) is 8.59. The molecule has 1 unspecified atom stereocenters. The van der Waals surface area contributed by atoms with Crippen LogP contribution in [0.15, 0.2) is 24.3 Å². The summed E-state index contributed by atoms with van der Waals surface area (Å²) in [5, 5.41) is 3.18. The molecule has 0 heterocycles. The Morgan fingerprint density at radius 3 is 2.57 bits per heavy atom. The van der Waals surface area contributed by atoms with E-state index in [9.17, 15) is 4.39 Å². The SMILES string of the molecule is CCNCC(C)Oc1ccc(F)cc1. The molecule has 0 bridgehead atoms. The van der Waals surface area contributed by atoms with Gasteiger partial charge in [-0.1, -0.05) is 6.92 Å². The number of likely N-dealkylation sites (N-methyl/N-ethyl adjacent to an activating group) is 1. The lowest BCUT2D eigenvalue weighted by Gasteiger charge is -2.14. The van der Waals surface area contributed by atoms with Crippen molar-refractivity contribution in [2.75, 3.05) is 13.1 Å².